The summed E-state index contributed by atoms with van der Waals surface area (Å²) >= 11 is 0. The fraction of sp³-hybridized carbons (Fsp3) is 0.647. The van der Waals surface area contributed by atoms with Gasteiger partial charge in [0.2, 0.25) is 0 Å². The molecule has 1 saturated heterocycles. The van der Waals surface area contributed by atoms with Gasteiger partial charge in [-0.25, -0.2) is 0 Å². The number of ether oxygens (including phenoxy) is 1. The molecule has 2 nitrogen and oxygen atoms in total. The molecule has 106 valence electrons. The normalized spacial score (nSPS) is 26.3. The summed E-state index contributed by atoms with van der Waals surface area (Å²) in [5.74, 6) is 0.436. The Morgan fingerprint density at radius 1 is 1.21 bits per heavy atom. The third-order valence-corrected chi connectivity index (χ3v) is 4.27. The fourth-order valence-electron chi connectivity index (χ4n) is 3.45. The van der Waals surface area contributed by atoms with Gasteiger partial charge in [0.05, 0.1) is 11.2 Å². The molecule has 2 N–H and O–H groups in total. The number of nitrogens with two attached hydrogens (primary N) is 1. The second kappa shape index (κ2) is 5.26. The lowest BCUT2D eigenvalue weighted by atomic mass is 9.80. The Hall–Kier alpha value is -0.860. The second-order valence-corrected chi connectivity index (χ2v) is 6.96. The number of benzene rings is 1. The van der Waals surface area contributed by atoms with Crippen molar-refractivity contribution in [2.45, 2.75) is 64.2 Å². The molecule has 1 heterocycles. The van der Waals surface area contributed by atoms with Crippen LogP contribution in [0.25, 0.3) is 0 Å². The average molecular weight is 261 g/mol. The summed E-state index contributed by atoms with van der Waals surface area (Å²) in [4.78, 5) is 0. The van der Waals surface area contributed by atoms with Gasteiger partial charge in [0.25, 0.3) is 0 Å². The predicted octanol–water partition coefficient (Wildman–Crippen LogP) is 3.54. The first-order chi connectivity index (χ1) is 8.80. The quantitative estimate of drug-likeness (QED) is 0.899. The van der Waals surface area contributed by atoms with Gasteiger partial charge in [-0.05, 0) is 52.5 Å². The molecule has 0 radical (unpaired) electrons. The maximum absolute atomic E-state index is 6.44. The van der Waals surface area contributed by atoms with Gasteiger partial charge in [-0.1, -0.05) is 30.3 Å². The van der Waals surface area contributed by atoms with Crippen molar-refractivity contribution >= 4 is 0 Å². The Morgan fingerprint density at radius 2 is 1.84 bits per heavy atom. The van der Waals surface area contributed by atoms with Crippen LogP contribution in [-0.4, -0.2) is 17.2 Å². The smallest absolute Gasteiger partial charge is 0.0677 e. The average Bonchev–Trinajstić information content (AvgIpc) is 2.56. The van der Waals surface area contributed by atoms with E-state index in [1.165, 1.54) is 5.56 Å². The van der Waals surface area contributed by atoms with E-state index in [2.05, 4.69) is 58.0 Å². The molecule has 1 fully saturated rings. The highest BCUT2D eigenvalue weighted by Crippen LogP contribution is 2.43. The van der Waals surface area contributed by atoms with Crippen LogP contribution < -0.4 is 5.73 Å². The second-order valence-electron chi connectivity index (χ2n) is 6.96. The van der Waals surface area contributed by atoms with E-state index >= 15 is 0 Å². The van der Waals surface area contributed by atoms with Gasteiger partial charge in [0, 0.05) is 12.0 Å². The third kappa shape index (κ3) is 3.58. The molecule has 0 amide bonds. The van der Waals surface area contributed by atoms with Crippen LogP contribution >= 0.6 is 0 Å². The maximum atomic E-state index is 6.44. The molecule has 0 aliphatic carbocycles. The SMILES string of the molecule is CC1(C)CC(C(N)CCc2ccccc2)C(C)(C)O1. The lowest BCUT2D eigenvalue weighted by Crippen LogP contribution is -2.41. The Balaban J connectivity index is 1.95. The van der Waals surface area contributed by atoms with Gasteiger partial charge in [-0.2, -0.15) is 0 Å². The van der Waals surface area contributed by atoms with Crippen molar-refractivity contribution in [1.82, 2.24) is 0 Å². The minimum Gasteiger partial charge on any atom is -0.369 e. The molecular formula is C17H27NO. The van der Waals surface area contributed by atoms with Gasteiger partial charge in [0.15, 0.2) is 0 Å². The minimum absolute atomic E-state index is 0.0431. The first-order valence-corrected chi connectivity index (χ1v) is 7.30. The van der Waals surface area contributed by atoms with Crippen LogP contribution in [-0.2, 0) is 11.2 Å². The zero-order chi connectivity index (χ0) is 14.1. The highest BCUT2D eigenvalue weighted by Gasteiger charge is 2.47. The third-order valence-electron chi connectivity index (χ3n) is 4.27. The van der Waals surface area contributed by atoms with Crippen LogP contribution in [0.2, 0.25) is 0 Å². The van der Waals surface area contributed by atoms with Crippen LogP contribution in [0.3, 0.4) is 0 Å². The van der Waals surface area contributed by atoms with Crippen LogP contribution in [0, 0.1) is 5.92 Å². The molecule has 2 rings (SSSR count). The van der Waals surface area contributed by atoms with Gasteiger partial charge < -0.3 is 10.5 Å². The first-order valence-electron chi connectivity index (χ1n) is 7.30. The van der Waals surface area contributed by atoms with Crippen LogP contribution in [0.15, 0.2) is 30.3 Å². The van der Waals surface area contributed by atoms with Crippen molar-refractivity contribution in [3.8, 4) is 0 Å². The van der Waals surface area contributed by atoms with E-state index in [1.54, 1.807) is 0 Å². The molecule has 0 spiro atoms. The van der Waals surface area contributed by atoms with E-state index in [-0.39, 0.29) is 17.2 Å². The molecule has 1 aliphatic heterocycles. The molecule has 2 unspecified atom stereocenters. The molecule has 1 aromatic rings. The van der Waals surface area contributed by atoms with Crippen molar-refractivity contribution in [2.75, 3.05) is 0 Å². The van der Waals surface area contributed by atoms with E-state index in [0.29, 0.717) is 5.92 Å². The highest BCUT2D eigenvalue weighted by atomic mass is 16.5. The van der Waals surface area contributed by atoms with Gasteiger partial charge in [-0.15, -0.1) is 0 Å². The molecule has 1 aliphatic rings. The Bertz CT molecular complexity index is 411. The van der Waals surface area contributed by atoms with E-state index in [0.717, 1.165) is 19.3 Å². The standard InChI is InChI=1S/C17H27NO/c1-16(2)12-14(17(3,4)19-16)15(18)11-10-13-8-6-5-7-9-13/h5-9,14-15H,10-12,18H2,1-4H3. The summed E-state index contributed by atoms with van der Waals surface area (Å²) in [6, 6.07) is 10.8. The number of hydrogen-bond acceptors (Lipinski definition) is 2. The summed E-state index contributed by atoms with van der Waals surface area (Å²) in [6.07, 6.45) is 3.13. The Labute approximate surface area is 117 Å². The lowest BCUT2D eigenvalue weighted by molar-refractivity contribution is -0.0767. The molecule has 2 atom stereocenters. The summed E-state index contributed by atoms with van der Waals surface area (Å²) in [6.45, 7) is 8.68. The van der Waals surface area contributed by atoms with E-state index in [1.807, 2.05) is 0 Å². The fourth-order valence-corrected chi connectivity index (χ4v) is 3.45. The first kappa shape index (κ1) is 14.5. The van der Waals surface area contributed by atoms with Gasteiger partial charge in [0.1, 0.15) is 0 Å². The molecule has 0 aromatic heterocycles. The summed E-state index contributed by atoms with van der Waals surface area (Å²) in [7, 11) is 0. The van der Waals surface area contributed by atoms with Crippen LogP contribution in [0.1, 0.15) is 46.1 Å². The lowest BCUT2D eigenvalue weighted by Gasteiger charge is -2.31. The number of aryl methyl sites for hydroxylation is 1. The van der Waals surface area contributed by atoms with Gasteiger partial charge in [-0.3, -0.25) is 0 Å². The van der Waals surface area contributed by atoms with Crippen LogP contribution in [0.4, 0.5) is 0 Å². The molecule has 0 saturated carbocycles. The highest BCUT2D eigenvalue weighted by molar-refractivity contribution is 5.15. The maximum Gasteiger partial charge on any atom is 0.0677 e. The van der Waals surface area contributed by atoms with E-state index in [4.69, 9.17) is 10.5 Å². The minimum atomic E-state index is -0.112. The zero-order valence-corrected chi connectivity index (χ0v) is 12.6. The van der Waals surface area contributed by atoms with Crippen molar-refractivity contribution in [1.29, 1.82) is 0 Å². The number of hydrogen-bond donors (Lipinski definition) is 1. The summed E-state index contributed by atoms with van der Waals surface area (Å²) in [5, 5.41) is 0. The monoisotopic (exact) mass is 261 g/mol. The Kier molecular flexibility index (Phi) is 4.03. The molecular weight excluding hydrogens is 234 g/mol. The van der Waals surface area contributed by atoms with Crippen LogP contribution in [0.5, 0.6) is 0 Å². The molecule has 1 aromatic carbocycles. The van der Waals surface area contributed by atoms with Crippen molar-refractivity contribution in [3.63, 3.8) is 0 Å². The van der Waals surface area contributed by atoms with Crippen molar-refractivity contribution in [2.24, 2.45) is 11.7 Å². The molecule has 2 heteroatoms. The van der Waals surface area contributed by atoms with E-state index < -0.39 is 0 Å². The van der Waals surface area contributed by atoms with Gasteiger partial charge >= 0.3 is 0 Å². The Morgan fingerprint density at radius 3 is 2.37 bits per heavy atom. The topological polar surface area (TPSA) is 35.2 Å². The van der Waals surface area contributed by atoms with Crippen molar-refractivity contribution in [3.05, 3.63) is 35.9 Å². The largest absolute Gasteiger partial charge is 0.369 e. The predicted molar refractivity (Wildman–Crippen MR) is 80.1 cm³/mol. The summed E-state index contributed by atoms with van der Waals surface area (Å²) < 4.78 is 6.14. The van der Waals surface area contributed by atoms with E-state index in [9.17, 15) is 0 Å². The summed E-state index contributed by atoms with van der Waals surface area (Å²) in [5.41, 5.74) is 7.66. The molecule has 0 bridgehead atoms. The molecule has 19 heavy (non-hydrogen) atoms. The number of rotatable bonds is 4. The zero-order valence-electron chi connectivity index (χ0n) is 12.6. The van der Waals surface area contributed by atoms with Crippen molar-refractivity contribution < 1.29 is 4.74 Å².